The molecule has 0 saturated heterocycles. The van der Waals surface area contributed by atoms with Gasteiger partial charge in [-0.25, -0.2) is 9.18 Å². The van der Waals surface area contributed by atoms with E-state index >= 15 is 4.39 Å². The highest BCUT2D eigenvalue weighted by Crippen LogP contribution is 2.70. The van der Waals surface area contributed by atoms with Gasteiger partial charge in [-0.2, -0.15) is 0 Å². The fraction of sp³-hybridized carbons (Fsp3) is 0.571. The van der Waals surface area contributed by atoms with Crippen LogP contribution < -0.4 is 0 Å². The smallest absolute Gasteiger partial charge is 0.338 e. The van der Waals surface area contributed by atoms with Crippen LogP contribution in [0.2, 0.25) is 0 Å². The number of ether oxygens (including phenoxy) is 1. The van der Waals surface area contributed by atoms with Gasteiger partial charge in [0.25, 0.3) is 0 Å². The van der Waals surface area contributed by atoms with Crippen LogP contribution in [0.4, 0.5) is 4.39 Å². The maximum absolute atomic E-state index is 17.2. The summed E-state index contributed by atoms with van der Waals surface area (Å²) in [6, 6.07) is 2.93. The Balaban J connectivity index is 1.44. The number of ketones is 2. The molecule has 4 aliphatic carbocycles. The SMILES string of the molecule is C[C@@H]1CC2C3CCC4=CC(=O)C=C[C@]4(C)[C@@]3(F)[C@@H](O)C[C@]2(C)[C@@]1(O)C(=O)COC(=O)c1ccncc1. The summed E-state index contributed by atoms with van der Waals surface area (Å²) in [5, 5.41) is 23.3. The van der Waals surface area contributed by atoms with E-state index < -0.39 is 58.4 Å². The molecule has 8 atom stereocenters. The molecule has 1 heterocycles. The Labute approximate surface area is 209 Å². The van der Waals surface area contributed by atoms with Crippen LogP contribution in [0.25, 0.3) is 0 Å². The van der Waals surface area contributed by atoms with Crippen LogP contribution in [0.5, 0.6) is 0 Å². The minimum atomic E-state index is -2.04. The fourth-order valence-corrected chi connectivity index (χ4v) is 7.95. The molecule has 4 aliphatic rings. The number of Topliss-reactive ketones (excluding diaryl/α,β-unsaturated/α-hetero) is 1. The second-order valence-corrected chi connectivity index (χ2v) is 11.4. The van der Waals surface area contributed by atoms with Gasteiger partial charge in [0.15, 0.2) is 18.1 Å². The van der Waals surface area contributed by atoms with E-state index in [9.17, 15) is 24.6 Å². The number of hydrogen-bond donors (Lipinski definition) is 2. The number of carbonyl (C=O) groups is 3. The molecule has 0 amide bonds. The molecule has 192 valence electrons. The van der Waals surface area contributed by atoms with Crippen molar-refractivity contribution < 1.29 is 33.7 Å². The van der Waals surface area contributed by atoms with E-state index in [1.165, 1.54) is 36.7 Å². The third-order valence-corrected chi connectivity index (χ3v) is 9.90. The van der Waals surface area contributed by atoms with Crippen LogP contribution in [0.3, 0.4) is 0 Å². The fourth-order valence-electron chi connectivity index (χ4n) is 7.95. The monoisotopic (exact) mass is 497 g/mol. The van der Waals surface area contributed by atoms with Crippen molar-refractivity contribution in [2.75, 3.05) is 6.61 Å². The summed E-state index contributed by atoms with van der Waals surface area (Å²) in [6.45, 7) is 4.61. The number of hydrogen-bond acceptors (Lipinski definition) is 7. The van der Waals surface area contributed by atoms with Gasteiger partial charge in [-0.05, 0) is 68.7 Å². The van der Waals surface area contributed by atoms with E-state index in [1.54, 1.807) is 26.8 Å². The van der Waals surface area contributed by atoms with Gasteiger partial charge < -0.3 is 14.9 Å². The Morgan fingerprint density at radius 2 is 1.92 bits per heavy atom. The van der Waals surface area contributed by atoms with Gasteiger partial charge in [0, 0.05) is 29.1 Å². The maximum atomic E-state index is 17.2. The number of aromatic nitrogens is 1. The van der Waals surface area contributed by atoms with E-state index in [0.717, 1.165) is 0 Å². The van der Waals surface area contributed by atoms with E-state index in [4.69, 9.17) is 4.74 Å². The lowest BCUT2D eigenvalue weighted by Crippen LogP contribution is -2.69. The average molecular weight is 498 g/mol. The number of carbonyl (C=O) groups excluding carboxylic acids is 3. The molecule has 0 radical (unpaired) electrons. The van der Waals surface area contributed by atoms with E-state index in [2.05, 4.69) is 4.98 Å². The Morgan fingerprint density at radius 3 is 2.61 bits per heavy atom. The summed E-state index contributed by atoms with van der Waals surface area (Å²) >= 11 is 0. The van der Waals surface area contributed by atoms with Crippen molar-refractivity contribution in [1.29, 1.82) is 0 Å². The first-order chi connectivity index (χ1) is 16.9. The van der Waals surface area contributed by atoms with Crippen molar-refractivity contribution in [2.24, 2.45) is 28.6 Å². The van der Waals surface area contributed by atoms with Crippen molar-refractivity contribution in [3.63, 3.8) is 0 Å². The standard InChI is InChI=1S/C28H32FNO6/c1-16-12-21-20-5-4-18-13-19(31)6-9-25(18,2)27(20,29)22(32)14-26(21,3)28(16,35)23(33)15-36-24(34)17-7-10-30-11-8-17/h6-11,13,16,20-22,32,35H,4-5,12,14-15H2,1-3H3/t16-,20?,21?,22+,25+,26+,27+,28+/m1/s1. The quantitative estimate of drug-likeness (QED) is 0.615. The van der Waals surface area contributed by atoms with Crippen LogP contribution in [-0.4, -0.2) is 56.7 Å². The number of aliphatic hydroxyl groups is 2. The van der Waals surface area contributed by atoms with E-state index in [0.29, 0.717) is 24.8 Å². The number of esters is 1. The minimum Gasteiger partial charge on any atom is -0.454 e. The number of nitrogens with zero attached hydrogens (tertiary/aromatic N) is 1. The Bertz CT molecular complexity index is 1180. The third kappa shape index (κ3) is 3.10. The van der Waals surface area contributed by atoms with Crippen molar-refractivity contribution >= 4 is 17.5 Å². The predicted octanol–water partition coefficient (Wildman–Crippen LogP) is 3.16. The number of aliphatic hydroxyl groups excluding tert-OH is 1. The van der Waals surface area contributed by atoms with Crippen LogP contribution >= 0.6 is 0 Å². The zero-order valence-corrected chi connectivity index (χ0v) is 20.7. The van der Waals surface area contributed by atoms with Gasteiger partial charge >= 0.3 is 5.97 Å². The molecule has 0 bridgehead atoms. The Hall–Kier alpha value is -2.71. The largest absolute Gasteiger partial charge is 0.454 e. The van der Waals surface area contributed by atoms with Gasteiger partial charge in [0.1, 0.15) is 5.60 Å². The van der Waals surface area contributed by atoms with Crippen LogP contribution in [0.1, 0.15) is 56.8 Å². The number of halogens is 1. The summed E-state index contributed by atoms with van der Waals surface area (Å²) in [5.41, 5.74) is -5.27. The normalized spacial score (nSPS) is 43.2. The van der Waals surface area contributed by atoms with Gasteiger partial charge in [0.2, 0.25) is 5.78 Å². The second kappa shape index (κ2) is 8.15. The number of allylic oxidation sites excluding steroid dienone is 4. The van der Waals surface area contributed by atoms with Gasteiger partial charge in [-0.1, -0.05) is 25.5 Å². The topological polar surface area (TPSA) is 114 Å². The summed E-state index contributed by atoms with van der Waals surface area (Å²) < 4.78 is 22.4. The third-order valence-electron chi connectivity index (χ3n) is 9.90. The van der Waals surface area contributed by atoms with Crippen LogP contribution in [-0.2, 0) is 14.3 Å². The van der Waals surface area contributed by atoms with E-state index in [1.807, 2.05) is 0 Å². The molecular formula is C28H32FNO6. The first-order valence-electron chi connectivity index (χ1n) is 12.5. The van der Waals surface area contributed by atoms with Gasteiger partial charge in [-0.15, -0.1) is 0 Å². The lowest BCUT2D eigenvalue weighted by molar-refractivity contribution is -0.219. The van der Waals surface area contributed by atoms with Crippen molar-refractivity contribution in [3.8, 4) is 0 Å². The predicted molar refractivity (Wildman–Crippen MR) is 127 cm³/mol. The maximum Gasteiger partial charge on any atom is 0.338 e. The molecular weight excluding hydrogens is 465 g/mol. The molecule has 36 heavy (non-hydrogen) atoms. The number of pyridine rings is 1. The first-order valence-corrected chi connectivity index (χ1v) is 12.5. The molecule has 3 fully saturated rings. The molecule has 8 heteroatoms. The minimum absolute atomic E-state index is 0.125. The molecule has 1 aromatic rings. The highest BCUT2D eigenvalue weighted by Gasteiger charge is 2.75. The zero-order valence-electron chi connectivity index (χ0n) is 20.7. The first kappa shape index (κ1) is 25.0. The molecule has 7 nitrogen and oxygen atoms in total. The van der Waals surface area contributed by atoms with Crippen molar-refractivity contribution in [3.05, 3.63) is 53.9 Å². The summed E-state index contributed by atoms with van der Waals surface area (Å²) in [4.78, 5) is 41.7. The van der Waals surface area contributed by atoms with Crippen molar-refractivity contribution in [2.45, 2.75) is 63.8 Å². The molecule has 5 rings (SSSR count). The number of fused-ring (bicyclic) bond motifs is 5. The zero-order chi connectivity index (χ0) is 26.1. The van der Waals surface area contributed by atoms with Crippen molar-refractivity contribution in [1.82, 2.24) is 4.98 Å². The molecule has 3 saturated carbocycles. The highest BCUT2D eigenvalue weighted by atomic mass is 19.1. The second-order valence-electron chi connectivity index (χ2n) is 11.4. The average Bonchev–Trinajstić information content (AvgIpc) is 3.05. The Morgan fingerprint density at radius 1 is 1.22 bits per heavy atom. The van der Waals surface area contributed by atoms with Gasteiger partial charge in [-0.3, -0.25) is 14.6 Å². The lowest BCUT2D eigenvalue weighted by atomic mass is 9.44. The molecule has 0 aliphatic heterocycles. The Kier molecular flexibility index (Phi) is 5.65. The van der Waals surface area contributed by atoms with Crippen LogP contribution in [0.15, 0.2) is 48.3 Å². The highest BCUT2D eigenvalue weighted by molar-refractivity contribution is 6.01. The summed E-state index contributed by atoms with van der Waals surface area (Å²) in [5.74, 6) is -3.05. The summed E-state index contributed by atoms with van der Waals surface area (Å²) in [7, 11) is 0. The molecule has 2 unspecified atom stereocenters. The number of alkyl halides is 1. The molecule has 1 aromatic heterocycles. The number of rotatable bonds is 4. The molecule has 2 N–H and O–H groups in total. The molecule has 0 aromatic carbocycles. The van der Waals surface area contributed by atoms with E-state index in [-0.39, 0.29) is 23.7 Å². The van der Waals surface area contributed by atoms with Gasteiger partial charge in [0.05, 0.1) is 11.7 Å². The molecule has 0 spiro atoms. The lowest BCUT2D eigenvalue weighted by Gasteiger charge is -2.62. The van der Waals surface area contributed by atoms with Crippen LogP contribution in [0, 0.1) is 28.6 Å². The summed E-state index contributed by atoms with van der Waals surface area (Å²) in [6.07, 6.45) is 7.03.